The molecule has 0 aliphatic carbocycles. The molecule has 0 radical (unpaired) electrons. The summed E-state index contributed by atoms with van der Waals surface area (Å²) in [6.45, 7) is 4.69. The van der Waals surface area contributed by atoms with Gasteiger partial charge in [-0.25, -0.2) is 9.59 Å². The van der Waals surface area contributed by atoms with Gasteiger partial charge in [0.05, 0.1) is 12.0 Å². The van der Waals surface area contributed by atoms with Crippen LogP contribution in [0.3, 0.4) is 0 Å². The van der Waals surface area contributed by atoms with Crippen molar-refractivity contribution in [3.8, 4) is 5.75 Å². The first-order valence-electron chi connectivity index (χ1n) is 6.89. The highest BCUT2D eigenvalue weighted by Crippen LogP contribution is 2.30. The van der Waals surface area contributed by atoms with Gasteiger partial charge < -0.3 is 19.4 Å². The molecule has 0 bridgehead atoms. The van der Waals surface area contributed by atoms with Crippen molar-refractivity contribution >= 4 is 22.9 Å². The van der Waals surface area contributed by atoms with Gasteiger partial charge in [-0.05, 0) is 38.5 Å². The Hall–Kier alpha value is -2.83. The Balaban J connectivity index is 2.61. The molecule has 122 valence electrons. The van der Waals surface area contributed by atoms with E-state index in [4.69, 9.17) is 19.4 Å². The van der Waals surface area contributed by atoms with Gasteiger partial charge >= 0.3 is 17.6 Å². The molecule has 7 nitrogen and oxygen atoms in total. The fourth-order valence-electron chi connectivity index (χ4n) is 2.29. The van der Waals surface area contributed by atoms with Crippen molar-refractivity contribution in [2.24, 2.45) is 0 Å². The largest absolute Gasteiger partial charge is 0.481 e. The van der Waals surface area contributed by atoms with Gasteiger partial charge in [0.15, 0.2) is 6.10 Å². The molecule has 0 saturated heterocycles. The molecule has 0 aliphatic heterocycles. The van der Waals surface area contributed by atoms with Crippen LogP contribution in [0.25, 0.3) is 11.0 Å². The summed E-state index contributed by atoms with van der Waals surface area (Å²) >= 11 is 0. The number of aryl methyl sites for hydroxylation is 2. The van der Waals surface area contributed by atoms with Crippen molar-refractivity contribution in [3.05, 3.63) is 39.2 Å². The molecule has 1 aromatic carbocycles. The fourth-order valence-corrected chi connectivity index (χ4v) is 2.29. The van der Waals surface area contributed by atoms with Crippen LogP contribution in [-0.4, -0.2) is 28.3 Å². The summed E-state index contributed by atoms with van der Waals surface area (Å²) in [5.41, 5.74) is 0.648. The highest BCUT2D eigenvalue weighted by molar-refractivity contribution is 5.86. The molecule has 2 aromatic rings. The lowest BCUT2D eigenvalue weighted by atomic mass is 10.0. The zero-order valence-corrected chi connectivity index (χ0v) is 12.9. The van der Waals surface area contributed by atoms with Crippen molar-refractivity contribution in [2.45, 2.75) is 33.3 Å². The molecule has 0 saturated carbocycles. The van der Waals surface area contributed by atoms with Gasteiger partial charge in [0, 0.05) is 10.9 Å². The van der Waals surface area contributed by atoms with E-state index < -0.39 is 30.1 Å². The van der Waals surface area contributed by atoms with E-state index in [1.165, 1.54) is 6.92 Å². The van der Waals surface area contributed by atoms with Crippen LogP contribution in [-0.2, 0) is 16.0 Å². The summed E-state index contributed by atoms with van der Waals surface area (Å²) in [7, 11) is 0. The number of fused-ring (bicyclic) bond motifs is 1. The van der Waals surface area contributed by atoms with E-state index in [0.29, 0.717) is 22.3 Å². The number of ether oxygens (including phenoxy) is 1. The van der Waals surface area contributed by atoms with Crippen LogP contribution in [0.5, 0.6) is 5.75 Å². The first-order chi connectivity index (χ1) is 10.7. The molecule has 0 fully saturated rings. The molecule has 23 heavy (non-hydrogen) atoms. The molecular weight excluding hydrogens is 304 g/mol. The van der Waals surface area contributed by atoms with E-state index >= 15 is 0 Å². The third kappa shape index (κ3) is 3.18. The molecule has 2 rings (SSSR count). The van der Waals surface area contributed by atoms with E-state index in [2.05, 4.69) is 0 Å². The molecule has 1 atom stereocenters. The maximum atomic E-state index is 12.0. The minimum Gasteiger partial charge on any atom is -0.481 e. The number of carboxylic acids is 2. The van der Waals surface area contributed by atoms with Crippen LogP contribution in [0.15, 0.2) is 21.3 Å². The Morgan fingerprint density at radius 3 is 2.43 bits per heavy atom. The van der Waals surface area contributed by atoms with Gasteiger partial charge in [-0.1, -0.05) is 0 Å². The Bertz CT molecular complexity index is 848. The highest BCUT2D eigenvalue weighted by Gasteiger charge is 2.19. The zero-order chi connectivity index (χ0) is 17.3. The fraction of sp³-hybridized carbons (Fsp3) is 0.312. The lowest BCUT2D eigenvalue weighted by molar-refractivity contribution is -0.144. The first-order valence-corrected chi connectivity index (χ1v) is 6.89. The molecule has 0 spiro atoms. The van der Waals surface area contributed by atoms with Gasteiger partial charge in [0.25, 0.3) is 0 Å². The zero-order valence-electron chi connectivity index (χ0n) is 12.9. The number of aliphatic carboxylic acids is 2. The first kappa shape index (κ1) is 16.5. The number of carboxylic acid groups (broad SMARTS) is 2. The van der Waals surface area contributed by atoms with Crippen molar-refractivity contribution in [3.63, 3.8) is 0 Å². The van der Waals surface area contributed by atoms with E-state index in [1.54, 1.807) is 26.0 Å². The average Bonchev–Trinajstić information content (AvgIpc) is 2.46. The molecule has 0 aliphatic rings. The van der Waals surface area contributed by atoms with Gasteiger partial charge in [0.2, 0.25) is 0 Å². The van der Waals surface area contributed by atoms with Crippen LogP contribution in [0, 0.1) is 13.8 Å². The summed E-state index contributed by atoms with van der Waals surface area (Å²) in [4.78, 5) is 33.8. The third-order valence-corrected chi connectivity index (χ3v) is 3.63. The third-order valence-electron chi connectivity index (χ3n) is 3.63. The molecule has 7 heteroatoms. The summed E-state index contributed by atoms with van der Waals surface area (Å²) in [5.74, 6) is -1.94. The van der Waals surface area contributed by atoms with Crippen LogP contribution < -0.4 is 10.4 Å². The summed E-state index contributed by atoms with van der Waals surface area (Å²) in [6, 6.07) is 3.20. The second-order valence-electron chi connectivity index (χ2n) is 5.23. The average molecular weight is 320 g/mol. The number of rotatable bonds is 5. The number of carbonyl (C=O) groups is 2. The molecule has 1 aromatic heterocycles. The Morgan fingerprint density at radius 2 is 1.87 bits per heavy atom. The lowest BCUT2D eigenvalue weighted by Gasteiger charge is -2.15. The van der Waals surface area contributed by atoms with E-state index in [9.17, 15) is 14.4 Å². The number of hydrogen-bond acceptors (Lipinski definition) is 5. The van der Waals surface area contributed by atoms with Crippen LogP contribution in [0.4, 0.5) is 0 Å². The van der Waals surface area contributed by atoms with Crippen LogP contribution in [0.2, 0.25) is 0 Å². The minimum absolute atomic E-state index is 0.0944. The quantitative estimate of drug-likeness (QED) is 0.808. The highest BCUT2D eigenvalue weighted by atomic mass is 16.5. The predicted molar refractivity (Wildman–Crippen MR) is 81.0 cm³/mol. The standard InChI is InChI=1S/C16H16O7/c1-7-10-4-5-12(22-9(3)15(19)20)8(2)14(10)23-16(21)11(7)6-13(17)18/h4-5,9H,6H2,1-3H3,(H,17,18)(H,19,20)/t9-/m1/s1. The normalized spacial score (nSPS) is 12.1. The number of benzene rings is 1. The van der Waals surface area contributed by atoms with Gasteiger partial charge in [-0.2, -0.15) is 0 Å². The summed E-state index contributed by atoms with van der Waals surface area (Å²) in [5, 5.41) is 18.4. The smallest absolute Gasteiger partial charge is 0.344 e. The Labute approximate surface area is 131 Å². The van der Waals surface area contributed by atoms with Gasteiger partial charge in [-0.3, -0.25) is 4.79 Å². The van der Waals surface area contributed by atoms with Crippen molar-refractivity contribution in [1.29, 1.82) is 0 Å². The van der Waals surface area contributed by atoms with Crippen LogP contribution in [0.1, 0.15) is 23.6 Å². The monoisotopic (exact) mass is 320 g/mol. The molecule has 2 N–H and O–H groups in total. The second kappa shape index (κ2) is 6.12. The van der Waals surface area contributed by atoms with Crippen molar-refractivity contribution in [2.75, 3.05) is 0 Å². The SMILES string of the molecule is Cc1c(CC(=O)O)c(=O)oc2c(C)c(O[C@H](C)C(=O)O)ccc12. The molecule has 0 amide bonds. The Kier molecular flexibility index (Phi) is 4.40. The molecular formula is C16H16O7. The summed E-state index contributed by atoms with van der Waals surface area (Å²) < 4.78 is 10.6. The van der Waals surface area contributed by atoms with Crippen molar-refractivity contribution in [1.82, 2.24) is 0 Å². The molecule has 1 heterocycles. The Morgan fingerprint density at radius 1 is 1.22 bits per heavy atom. The predicted octanol–water partition coefficient (Wildman–Crippen LogP) is 1.89. The maximum absolute atomic E-state index is 12.0. The number of hydrogen-bond donors (Lipinski definition) is 2. The van der Waals surface area contributed by atoms with E-state index in [-0.39, 0.29) is 11.1 Å². The van der Waals surface area contributed by atoms with Crippen molar-refractivity contribution < 1.29 is 29.0 Å². The minimum atomic E-state index is -1.12. The second-order valence-corrected chi connectivity index (χ2v) is 5.23. The lowest BCUT2D eigenvalue weighted by Crippen LogP contribution is -2.23. The van der Waals surface area contributed by atoms with E-state index in [1.807, 2.05) is 0 Å². The van der Waals surface area contributed by atoms with E-state index in [0.717, 1.165) is 0 Å². The summed E-state index contributed by atoms with van der Waals surface area (Å²) in [6.07, 6.45) is -1.47. The van der Waals surface area contributed by atoms with Gasteiger partial charge in [-0.15, -0.1) is 0 Å². The maximum Gasteiger partial charge on any atom is 0.344 e. The topological polar surface area (TPSA) is 114 Å². The molecule has 0 unspecified atom stereocenters. The van der Waals surface area contributed by atoms with Crippen LogP contribution >= 0.6 is 0 Å². The van der Waals surface area contributed by atoms with Gasteiger partial charge in [0.1, 0.15) is 11.3 Å².